The molecule has 0 aromatic heterocycles. The maximum atomic E-state index is 6.85. The van der Waals surface area contributed by atoms with Crippen LogP contribution in [0, 0.1) is 53.3 Å². The lowest BCUT2D eigenvalue weighted by Crippen LogP contribution is -2.40. The van der Waals surface area contributed by atoms with Crippen molar-refractivity contribution < 1.29 is 0 Å². The van der Waals surface area contributed by atoms with Crippen molar-refractivity contribution in [1.82, 2.24) is 0 Å². The summed E-state index contributed by atoms with van der Waals surface area (Å²) in [7, 11) is 0. The lowest BCUT2D eigenvalue weighted by molar-refractivity contribution is 0.204. The van der Waals surface area contributed by atoms with Gasteiger partial charge in [0.2, 0.25) is 0 Å². The van der Waals surface area contributed by atoms with Crippen molar-refractivity contribution in [3.8, 4) is 0 Å². The minimum atomic E-state index is 0.410. The average Bonchev–Trinajstić information content (AvgIpc) is 2.91. The van der Waals surface area contributed by atoms with E-state index >= 15 is 0 Å². The second-order valence-electron chi connectivity index (χ2n) is 11.7. The molecule has 31 heavy (non-hydrogen) atoms. The maximum absolute atomic E-state index is 6.85. The Kier molecular flexibility index (Phi) is 7.11. The molecule has 174 valence electrons. The predicted molar refractivity (Wildman–Crippen MR) is 135 cm³/mol. The van der Waals surface area contributed by atoms with Crippen LogP contribution in [0.25, 0.3) is 0 Å². The number of alkyl halides is 3. The summed E-state index contributed by atoms with van der Waals surface area (Å²) in [5.41, 5.74) is 7.12. The molecule has 0 amide bonds. The molecule has 0 nitrogen and oxygen atoms in total. The molecule has 2 fully saturated rings. The van der Waals surface area contributed by atoms with Gasteiger partial charge in [0, 0.05) is 29.5 Å². The highest BCUT2D eigenvalue weighted by atomic mass is 35.5. The van der Waals surface area contributed by atoms with Gasteiger partial charge in [-0.15, -0.1) is 34.8 Å². The Hall–Kier alpha value is 0.350. The Balaban J connectivity index is 1.72. The van der Waals surface area contributed by atoms with Gasteiger partial charge in [0.25, 0.3) is 0 Å². The number of rotatable bonds is 3. The van der Waals surface area contributed by atoms with Crippen LogP contribution in [-0.2, 0) is 0 Å². The van der Waals surface area contributed by atoms with E-state index < -0.39 is 0 Å². The van der Waals surface area contributed by atoms with Crippen LogP contribution in [0.4, 0.5) is 0 Å². The first-order valence-electron chi connectivity index (χ1n) is 13.2. The third-order valence-electron chi connectivity index (χ3n) is 10.4. The van der Waals surface area contributed by atoms with E-state index in [4.69, 9.17) is 34.8 Å². The lowest BCUT2D eigenvalue weighted by atomic mass is 9.55. The maximum Gasteiger partial charge on any atom is 0.0326 e. The van der Waals surface area contributed by atoms with Crippen LogP contribution in [0.5, 0.6) is 0 Å². The Bertz CT molecular complexity index is 681. The van der Waals surface area contributed by atoms with Crippen LogP contribution >= 0.6 is 34.8 Å². The molecule has 0 N–H and O–H groups in total. The summed E-state index contributed by atoms with van der Waals surface area (Å²) in [6.45, 7) is 5.13. The molecule has 0 aliphatic heterocycles. The second kappa shape index (κ2) is 9.54. The molecule has 5 aliphatic carbocycles. The summed E-state index contributed by atoms with van der Waals surface area (Å²) in [6, 6.07) is 0. The highest BCUT2D eigenvalue weighted by Crippen LogP contribution is 2.60. The minimum absolute atomic E-state index is 0.410. The van der Waals surface area contributed by atoms with Gasteiger partial charge in [0.1, 0.15) is 0 Å². The molecule has 0 radical (unpaired) electrons. The summed E-state index contributed by atoms with van der Waals surface area (Å²) in [5, 5.41) is 0. The molecule has 2 bridgehead atoms. The van der Waals surface area contributed by atoms with Gasteiger partial charge in [-0.2, -0.15) is 0 Å². The molecule has 5 rings (SSSR count). The van der Waals surface area contributed by atoms with Gasteiger partial charge in [0.05, 0.1) is 0 Å². The zero-order valence-electron chi connectivity index (χ0n) is 19.5. The fourth-order valence-electron chi connectivity index (χ4n) is 8.89. The zero-order chi connectivity index (χ0) is 21.7. The van der Waals surface area contributed by atoms with Crippen molar-refractivity contribution in [1.29, 1.82) is 0 Å². The first kappa shape index (κ1) is 23.1. The molecule has 0 saturated heterocycles. The summed E-state index contributed by atoms with van der Waals surface area (Å²) >= 11 is 20.1. The van der Waals surface area contributed by atoms with E-state index in [1.807, 2.05) is 11.1 Å². The number of allylic oxidation sites excluding steroid dienone is 4. The van der Waals surface area contributed by atoms with E-state index in [-0.39, 0.29) is 0 Å². The Morgan fingerprint density at radius 2 is 1.03 bits per heavy atom. The van der Waals surface area contributed by atoms with Gasteiger partial charge in [0.15, 0.2) is 0 Å². The first-order valence-corrected chi connectivity index (χ1v) is 14.8. The number of fused-ring (bicyclic) bond motifs is 2. The average molecular weight is 484 g/mol. The van der Waals surface area contributed by atoms with Crippen molar-refractivity contribution in [2.24, 2.45) is 53.3 Å². The van der Waals surface area contributed by atoms with Crippen molar-refractivity contribution in [3.63, 3.8) is 0 Å². The Morgan fingerprint density at radius 3 is 1.48 bits per heavy atom. The number of hydrogen-bond donors (Lipinski definition) is 0. The molecular weight excluding hydrogens is 443 g/mol. The van der Waals surface area contributed by atoms with Crippen LogP contribution in [0.2, 0.25) is 0 Å². The van der Waals surface area contributed by atoms with Crippen LogP contribution in [0.15, 0.2) is 22.3 Å². The minimum Gasteiger partial charge on any atom is -0.126 e. The fourth-order valence-corrected chi connectivity index (χ4v) is 9.86. The molecule has 5 aliphatic rings. The zero-order valence-corrected chi connectivity index (χ0v) is 21.8. The highest BCUT2D eigenvalue weighted by Gasteiger charge is 2.48. The molecule has 0 heterocycles. The second-order valence-corrected chi connectivity index (χ2v) is 12.6. The molecule has 0 spiro atoms. The molecule has 6 atom stereocenters. The standard InChI is InChI=1S/C28H41Cl3/c1-16-3-5-18-7-9-20(13-29)27-24(15-31)28-21(14-30)10-8-19-6-4-17(2)22(16)11-12-23(25(18)27)26(19)28/h16-24H,3-15H2,1-2H3. The molecule has 3 heteroatoms. The largest absolute Gasteiger partial charge is 0.126 e. The molecular formula is C28H41Cl3. The molecule has 0 aromatic carbocycles. The smallest absolute Gasteiger partial charge is 0.0326 e. The van der Waals surface area contributed by atoms with Crippen LogP contribution in [0.1, 0.15) is 78.1 Å². The summed E-state index contributed by atoms with van der Waals surface area (Å²) in [4.78, 5) is 0. The van der Waals surface area contributed by atoms with Crippen LogP contribution < -0.4 is 0 Å². The third kappa shape index (κ3) is 3.87. The van der Waals surface area contributed by atoms with E-state index in [0.29, 0.717) is 23.7 Å². The van der Waals surface area contributed by atoms with E-state index in [2.05, 4.69) is 13.8 Å². The van der Waals surface area contributed by atoms with Gasteiger partial charge in [-0.1, -0.05) is 36.1 Å². The third-order valence-corrected chi connectivity index (χ3v) is 11.4. The van der Waals surface area contributed by atoms with Crippen LogP contribution in [0.3, 0.4) is 0 Å². The Morgan fingerprint density at radius 1 is 0.548 bits per heavy atom. The van der Waals surface area contributed by atoms with Crippen molar-refractivity contribution >= 4 is 34.8 Å². The van der Waals surface area contributed by atoms with Gasteiger partial charge in [-0.05, 0) is 106 Å². The van der Waals surface area contributed by atoms with Crippen molar-refractivity contribution in [2.45, 2.75) is 78.1 Å². The SMILES string of the molecule is CC1CCC2CCC(CCl)C3=C2C2CCC1C(C)CCC1CCC(CCl)C(=C12)C3CCl. The number of halogens is 3. The van der Waals surface area contributed by atoms with E-state index in [1.54, 1.807) is 11.1 Å². The van der Waals surface area contributed by atoms with Crippen molar-refractivity contribution in [2.75, 3.05) is 17.6 Å². The monoisotopic (exact) mass is 482 g/mol. The van der Waals surface area contributed by atoms with Crippen molar-refractivity contribution in [3.05, 3.63) is 22.3 Å². The summed E-state index contributed by atoms with van der Waals surface area (Å²) < 4.78 is 0. The normalized spacial score (nSPS) is 45.4. The first-order chi connectivity index (χ1) is 15.1. The molecule has 2 saturated carbocycles. The van der Waals surface area contributed by atoms with Gasteiger partial charge >= 0.3 is 0 Å². The fraction of sp³-hybridized carbons (Fsp3) is 0.857. The molecule has 6 unspecified atom stereocenters. The predicted octanol–water partition coefficient (Wildman–Crippen LogP) is 8.85. The van der Waals surface area contributed by atoms with Gasteiger partial charge < -0.3 is 0 Å². The summed E-state index contributed by atoms with van der Waals surface area (Å²) in [5.74, 6) is 8.55. The van der Waals surface area contributed by atoms with E-state index in [0.717, 1.165) is 47.2 Å². The lowest BCUT2D eigenvalue weighted by Gasteiger charge is -2.51. The Labute approximate surface area is 205 Å². The van der Waals surface area contributed by atoms with E-state index in [1.165, 1.54) is 64.2 Å². The molecule has 0 aromatic rings. The topological polar surface area (TPSA) is 0 Å². The van der Waals surface area contributed by atoms with Gasteiger partial charge in [-0.25, -0.2) is 0 Å². The van der Waals surface area contributed by atoms with E-state index in [9.17, 15) is 0 Å². The van der Waals surface area contributed by atoms with Crippen LogP contribution in [-0.4, -0.2) is 17.6 Å². The quantitative estimate of drug-likeness (QED) is 0.278. The highest BCUT2D eigenvalue weighted by molar-refractivity contribution is 6.19. The van der Waals surface area contributed by atoms with Gasteiger partial charge in [-0.3, -0.25) is 0 Å². The summed E-state index contributed by atoms with van der Waals surface area (Å²) in [6.07, 6.45) is 13.6. The number of hydrogen-bond acceptors (Lipinski definition) is 0.